The molecule has 2 atom stereocenters. The van der Waals surface area contributed by atoms with Gasteiger partial charge in [0.05, 0.1) is 18.1 Å². The lowest BCUT2D eigenvalue weighted by Crippen LogP contribution is -2.41. The van der Waals surface area contributed by atoms with Crippen LogP contribution in [0.2, 0.25) is 0 Å². The van der Waals surface area contributed by atoms with E-state index in [1.165, 1.54) is 25.1 Å². The average molecular weight is 279 g/mol. The van der Waals surface area contributed by atoms with Gasteiger partial charge in [0.15, 0.2) is 0 Å². The first-order chi connectivity index (χ1) is 9.54. The molecule has 20 heavy (non-hydrogen) atoms. The second-order valence-electron chi connectivity index (χ2n) is 6.29. The Hall–Kier alpha value is -0.910. The van der Waals surface area contributed by atoms with E-state index < -0.39 is 0 Å². The zero-order valence-corrected chi connectivity index (χ0v) is 13.3. The van der Waals surface area contributed by atoms with E-state index in [2.05, 4.69) is 47.3 Å². The van der Waals surface area contributed by atoms with Gasteiger partial charge in [-0.05, 0) is 47.3 Å². The molecule has 0 amide bonds. The van der Waals surface area contributed by atoms with Crippen LogP contribution in [0.3, 0.4) is 0 Å². The lowest BCUT2D eigenvalue weighted by atomic mass is 10.1. The first kappa shape index (κ1) is 15.5. The predicted octanol–water partition coefficient (Wildman–Crippen LogP) is 1.49. The largest absolute Gasteiger partial charge is 0.331 e. The minimum absolute atomic E-state index is 0.244. The highest BCUT2D eigenvalue weighted by molar-refractivity contribution is 5.07. The molecule has 1 fully saturated rings. The monoisotopic (exact) mass is 279 g/mol. The van der Waals surface area contributed by atoms with Gasteiger partial charge in [0.2, 0.25) is 0 Å². The van der Waals surface area contributed by atoms with Gasteiger partial charge in [0.25, 0.3) is 0 Å². The summed E-state index contributed by atoms with van der Waals surface area (Å²) >= 11 is 0. The second kappa shape index (κ2) is 6.70. The number of hydrogen-bond donors (Lipinski definition) is 1. The second-order valence-corrected chi connectivity index (χ2v) is 6.29. The highest BCUT2D eigenvalue weighted by Gasteiger charge is 2.26. The number of likely N-dealkylation sites (N-methyl/N-ethyl adjacent to an activating group) is 2. The predicted molar refractivity (Wildman–Crippen MR) is 82.7 cm³/mol. The van der Waals surface area contributed by atoms with Gasteiger partial charge in [0.1, 0.15) is 0 Å². The molecule has 2 unspecified atom stereocenters. The number of imidazole rings is 1. The van der Waals surface area contributed by atoms with Gasteiger partial charge in [-0.2, -0.15) is 0 Å². The van der Waals surface area contributed by atoms with Crippen LogP contribution in [0.5, 0.6) is 0 Å². The minimum atomic E-state index is 0.244. The summed E-state index contributed by atoms with van der Waals surface area (Å²) in [7, 11) is 4.41. The van der Waals surface area contributed by atoms with E-state index in [4.69, 9.17) is 5.73 Å². The quantitative estimate of drug-likeness (QED) is 0.857. The summed E-state index contributed by atoms with van der Waals surface area (Å²) in [5, 5.41) is 0. The van der Waals surface area contributed by atoms with Crippen LogP contribution in [-0.4, -0.2) is 59.1 Å². The molecule has 0 bridgehead atoms. The highest BCUT2D eigenvalue weighted by atomic mass is 15.2. The standard InChI is InChI=1S/C15H29N5/c1-12(2)20-11-17-9-15(20)14(8-16)19(4)10-13-6-5-7-18(13)3/h9,11-14H,5-8,10,16H2,1-4H3. The summed E-state index contributed by atoms with van der Waals surface area (Å²) in [6, 6.07) is 1.32. The molecule has 1 aliphatic heterocycles. The van der Waals surface area contributed by atoms with Gasteiger partial charge in [-0.25, -0.2) is 4.98 Å². The zero-order chi connectivity index (χ0) is 14.7. The summed E-state index contributed by atoms with van der Waals surface area (Å²) in [6.45, 7) is 7.29. The summed E-state index contributed by atoms with van der Waals surface area (Å²) in [4.78, 5) is 9.17. The fourth-order valence-corrected chi connectivity index (χ4v) is 3.20. The molecule has 2 rings (SSSR count). The van der Waals surface area contributed by atoms with Gasteiger partial charge in [0, 0.05) is 31.4 Å². The maximum absolute atomic E-state index is 6.05. The van der Waals surface area contributed by atoms with E-state index in [9.17, 15) is 0 Å². The van der Waals surface area contributed by atoms with E-state index in [0.29, 0.717) is 18.6 Å². The lowest BCUT2D eigenvalue weighted by molar-refractivity contribution is 0.174. The summed E-state index contributed by atoms with van der Waals surface area (Å²) in [5.74, 6) is 0. The van der Waals surface area contributed by atoms with Gasteiger partial charge in [-0.3, -0.25) is 4.90 Å². The molecule has 0 spiro atoms. The van der Waals surface area contributed by atoms with Crippen LogP contribution in [0.15, 0.2) is 12.5 Å². The molecular weight excluding hydrogens is 250 g/mol. The SMILES string of the molecule is CC(C)n1cncc1C(CN)N(C)CC1CCCN1C. The van der Waals surface area contributed by atoms with Gasteiger partial charge in [-0.1, -0.05) is 0 Å². The first-order valence-electron chi connectivity index (χ1n) is 7.66. The zero-order valence-electron chi connectivity index (χ0n) is 13.3. The fourth-order valence-electron chi connectivity index (χ4n) is 3.20. The average Bonchev–Trinajstić information content (AvgIpc) is 3.01. The van der Waals surface area contributed by atoms with Crippen molar-refractivity contribution in [2.75, 3.05) is 33.7 Å². The number of aromatic nitrogens is 2. The molecule has 5 heteroatoms. The summed E-state index contributed by atoms with van der Waals surface area (Å²) in [5.41, 5.74) is 7.27. The van der Waals surface area contributed by atoms with Crippen LogP contribution in [0.1, 0.15) is 44.5 Å². The normalized spacial score (nSPS) is 22.1. The van der Waals surface area contributed by atoms with Crippen molar-refractivity contribution in [1.82, 2.24) is 19.4 Å². The third-order valence-electron chi connectivity index (χ3n) is 4.52. The Kier molecular flexibility index (Phi) is 5.18. The molecule has 0 aromatic carbocycles. The molecule has 0 saturated carbocycles. The van der Waals surface area contributed by atoms with Crippen molar-refractivity contribution in [2.45, 2.75) is 44.8 Å². The van der Waals surface area contributed by atoms with Crippen molar-refractivity contribution in [3.8, 4) is 0 Å². The minimum Gasteiger partial charge on any atom is -0.331 e. The number of nitrogens with two attached hydrogens (primary N) is 1. The first-order valence-corrected chi connectivity index (χ1v) is 7.66. The Morgan fingerprint density at radius 2 is 2.25 bits per heavy atom. The molecule has 5 nitrogen and oxygen atoms in total. The van der Waals surface area contributed by atoms with Gasteiger partial charge < -0.3 is 15.2 Å². The molecule has 0 radical (unpaired) electrons. The molecule has 114 valence electrons. The molecule has 1 saturated heterocycles. The van der Waals surface area contributed by atoms with Crippen molar-refractivity contribution < 1.29 is 0 Å². The summed E-state index contributed by atoms with van der Waals surface area (Å²) < 4.78 is 2.23. The third kappa shape index (κ3) is 3.22. The lowest BCUT2D eigenvalue weighted by Gasteiger charge is -2.32. The van der Waals surface area contributed by atoms with Crippen LogP contribution in [0, 0.1) is 0 Å². The molecule has 1 aliphatic rings. The van der Waals surface area contributed by atoms with Crippen molar-refractivity contribution >= 4 is 0 Å². The van der Waals surface area contributed by atoms with E-state index in [0.717, 1.165) is 6.54 Å². The Bertz CT molecular complexity index is 414. The Balaban J connectivity index is 2.08. The van der Waals surface area contributed by atoms with Crippen LogP contribution < -0.4 is 5.73 Å². The fraction of sp³-hybridized carbons (Fsp3) is 0.800. The van der Waals surface area contributed by atoms with Crippen molar-refractivity contribution in [2.24, 2.45) is 5.73 Å². The number of likely N-dealkylation sites (tertiary alicyclic amines) is 1. The smallest absolute Gasteiger partial charge is 0.0951 e. The molecule has 1 aromatic heterocycles. The van der Waals surface area contributed by atoms with Crippen molar-refractivity contribution in [3.63, 3.8) is 0 Å². The maximum atomic E-state index is 6.05. The Morgan fingerprint density at radius 1 is 1.50 bits per heavy atom. The molecule has 2 N–H and O–H groups in total. The number of hydrogen-bond acceptors (Lipinski definition) is 4. The Morgan fingerprint density at radius 3 is 2.80 bits per heavy atom. The highest BCUT2D eigenvalue weighted by Crippen LogP contribution is 2.24. The van der Waals surface area contributed by atoms with Crippen molar-refractivity contribution in [3.05, 3.63) is 18.2 Å². The number of nitrogens with zero attached hydrogens (tertiary/aromatic N) is 4. The molecule has 0 aliphatic carbocycles. The van der Waals surface area contributed by atoms with E-state index in [-0.39, 0.29) is 6.04 Å². The van der Waals surface area contributed by atoms with E-state index >= 15 is 0 Å². The van der Waals surface area contributed by atoms with Crippen LogP contribution in [0.4, 0.5) is 0 Å². The summed E-state index contributed by atoms with van der Waals surface area (Å²) in [6.07, 6.45) is 6.48. The molecule has 2 heterocycles. The molecule has 1 aromatic rings. The van der Waals surface area contributed by atoms with Crippen LogP contribution in [0.25, 0.3) is 0 Å². The van der Waals surface area contributed by atoms with Crippen LogP contribution >= 0.6 is 0 Å². The third-order valence-corrected chi connectivity index (χ3v) is 4.52. The maximum Gasteiger partial charge on any atom is 0.0951 e. The van der Waals surface area contributed by atoms with Gasteiger partial charge in [-0.15, -0.1) is 0 Å². The Labute approximate surface area is 122 Å². The van der Waals surface area contributed by atoms with E-state index in [1.54, 1.807) is 0 Å². The van der Waals surface area contributed by atoms with E-state index in [1.807, 2.05) is 12.5 Å². The van der Waals surface area contributed by atoms with Crippen LogP contribution in [-0.2, 0) is 0 Å². The van der Waals surface area contributed by atoms with Crippen molar-refractivity contribution in [1.29, 1.82) is 0 Å². The molecular formula is C15H29N5. The van der Waals surface area contributed by atoms with Gasteiger partial charge >= 0.3 is 0 Å². The number of rotatable bonds is 6. The topological polar surface area (TPSA) is 50.3 Å².